The summed E-state index contributed by atoms with van der Waals surface area (Å²) in [4.78, 5) is 0. The summed E-state index contributed by atoms with van der Waals surface area (Å²) in [7, 11) is 0. The molecule has 2 aliphatic carbocycles. The van der Waals surface area contributed by atoms with Crippen LogP contribution in [0, 0.1) is 0 Å². The van der Waals surface area contributed by atoms with E-state index in [1.54, 1.807) is 0 Å². The number of halogens is 1. The molecule has 0 aromatic carbocycles. The molecule has 0 amide bonds. The first kappa shape index (κ1) is 14.1. The van der Waals surface area contributed by atoms with Crippen molar-refractivity contribution in [2.45, 2.75) is 82.0 Å². The first-order valence-corrected chi connectivity index (χ1v) is 8.13. The third-order valence-corrected chi connectivity index (χ3v) is 4.94. The third kappa shape index (κ3) is 3.22. The fraction of sp³-hybridized carbons (Fsp3) is 0.812. The largest absolute Gasteiger partial charge is 0.328 e. The van der Waals surface area contributed by atoms with Crippen molar-refractivity contribution >= 4 is 0 Å². The molecule has 3 rings (SSSR count). The number of alkyl halides is 1. The van der Waals surface area contributed by atoms with Crippen LogP contribution in [0.15, 0.2) is 12.3 Å². The topological polar surface area (TPSA) is 43.8 Å². The Morgan fingerprint density at radius 1 is 1.25 bits per heavy atom. The van der Waals surface area contributed by atoms with Crippen LogP contribution in [-0.2, 0) is 6.42 Å². The minimum atomic E-state index is -1.14. The van der Waals surface area contributed by atoms with Gasteiger partial charge in [-0.1, -0.05) is 19.3 Å². The van der Waals surface area contributed by atoms with Crippen molar-refractivity contribution in [2.24, 2.45) is 5.73 Å². The molecule has 0 aliphatic heterocycles. The van der Waals surface area contributed by atoms with Crippen LogP contribution < -0.4 is 5.73 Å². The normalized spacial score (nSPS) is 32.4. The zero-order valence-corrected chi connectivity index (χ0v) is 12.2. The van der Waals surface area contributed by atoms with Gasteiger partial charge >= 0.3 is 0 Å². The molecule has 4 heteroatoms. The van der Waals surface area contributed by atoms with Crippen molar-refractivity contribution in [3.63, 3.8) is 0 Å². The van der Waals surface area contributed by atoms with E-state index in [0.29, 0.717) is 25.3 Å². The van der Waals surface area contributed by atoms with Crippen LogP contribution in [0.1, 0.15) is 69.5 Å². The zero-order valence-electron chi connectivity index (χ0n) is 12.2. The van der Waals surface area contributed by atoms with Crippen molar-refractivity contribution in [1.29, 1.82) is 0 Å². The van der Waals surface area contributed by atoms with Crippen LogP contribution in [-0.4, -0.2) is 21.5 Å². The molecule has 2 saturated carbocycles. The first-order chi connectivity index (χ1) is 9.65. The van der Waals surface area contributed by atoms with Crippen LogP contribution in [0.2, 0.25) is 0 Å². The van der Waals surface area contributed by atoms with Gasteiger partial charge in [0.1, 0.15) is 5.67 Å². The molecule has 2 atom stereocenters. The van der Waals surface area contributed by atoms with Gasteiger partial charge in [0.05, 0.1) is 11.7 Å². The van der Waals surface area contributed by atoms with Crippen LogP contribution >= 0.6 is 0 Å². The summed E-state index contributed by atoms with van der Waals surface area (Å²) in [6.45, 7) is 0. The Morgan fingerprint density at radius 2 is 2.05 bits per heavy atom. The fourth-order valence-electron chi connectivity index (χ4n) is 3.86. The van der Waals surface area contributed by atoms with E-state index in [1.165, 1.54) is 32.1 Å². The van der Waals surface area contributed by atoms with Crippen molar-refractivity contribution in [3.05, 3.63) is 18.0 Å². The van der Waals surface area contributed by atoms with Crippen LogP contribution in [0.25, 0.3) is 0 Å². The van der Waals surface area contributed by atoms with Gasteiger partial charge in [0.25, 0.3) is 0 Å². The Bertz CT molecular complexity index is 439. The predicted octanol–water partition coefficient (Wildman–Crippen LogP) is 3.54. The molecule has 0 radical (unpaired) electrons. The van der Waals surface area contributed by atoms with Gasteiger partial charge in [0, 0.05) is 18.7 Å². The Balaban J connectivity index is 1.64. The van der Waals surface area contributed by atoms with Crippen molar-refractivity contribution in [1.82, 2.24) is 9.78 Å². The highest BCUT2D eigenvalue weighted by Crippen LogP contribution is 2.34. The van der Waals surface area contributed by atoms with E-state index in [4.69, 9.17) is 5.73 Å². The average molecular weight is 279 g/mol. The first-order valence-electron chi connectivity index (χ1n) is 8.13. The molecule has 20 heavy (non-hydrogen) atoms. The van der Waals surface area contributed by atoms with E-state index < -0.39 is 5.67 Å². The number of nitrogens with zero attached hydrogens (tertiary/aromatic N) is 2. The summed E-state index contributed by atoms with van der Waals surface area (Å²) in [6.07, 6.45) is 11.8. The second kappa shape index (κ2) is 5.84. The van der Waals surface area contributed by atoms with Crippen LogP contribution in [0.4, 0.5) is 4.39 Å². The highest BCUT2D eigenvalue weighted by molar-refractivity contribution is 5.06. The van der Waals surface area contributed by atoms with Gasteiger partial charge in [-0.15, -0.1) is 0 Å². The van der Waals surface area contributed by atoms with Gasteiger partial charge in [-0.25, -0.2) is 4.39 Å². The van der Waals surface area contributed by atoms with Gasteiger partial charge < -0.3 is 5.73 Å². The van der Waals surface area contributed by atoms with Gasteiger partial charge in [-0.2, -0.15) is 5.10 Å². The van der Waals surface area contributed by atoms with Crippen LogP contribution in [0.3, 0.4) is 0 Å². The smallest absolute Gasteiger partial charge is 0.118 e. The van der Waals surface area contributed by atoms with Gasteiger partial charge in [-0.3, -0.25) is 4.68 Å². The minimum Gasteiger partial charge on any atom is -0.328 e. The Hall–Kier alpha value is -0.900. The molecular weight excluding hydrogens is 253 g/mol. The summed E-state index contributed by atoms with van der Waals surface area (Å²) in [5.41, 5.74) is 5.68. The van der Waals surface area contributed by atoms with E-state index in [2.05, 4.69) is 9.78 Å². The van der Waals surface area contributed by atoms with E-state index in [0.717, 1.165) is 18.5 Å². The molecule has 1 aromatic heterocycles. The molecule has 2 fully saturated rings. The lowest BCUT2D eigenvalue weighted by atomic mass is 9.81. The number of nitrogens with two attached hydrogens (primary N) is 1. The monoisotopic (exact) mass is 279 g/mol. The molecule has 2 unspecified atom stereocenters. The molecule has 2 aliphatic rings. The van der Waals surface area contributed by atoms with E-state index >= 15 is 0 Å². The maximum Gasteiger partial charge on any atom is 0.118 e. The lowest BCUT2D eigenvalue weighted by Crippen LogP contribution is -2.39. The zero-order chi connectivity index (χ0) is 14.0. The molecule has 1 aromatic rings. The van der Waals surface area contributed by atoms with E-state index in [1.807, 2.05) is 12.3 Å². The summed E-state index contributed by atoms with van der Waals surface area (Å²) in [6, 6.07) is 2.55. The summed E-state index contributed by atoms with van der Waals surface area (Å²) < 4.78 is 16.9. The van der Waals surface area contributed by atoms with Crippen molar-refractivity contribution in [2.75, 3.05) is 0 Å². The molecule has 112 valence electrons. The maximum atomic E-state index is 14.8. The Morgan fingerprint density at radius 3 is 2.80 bits per heavy atom. The molecule has 1 heterocycles. The molecule has 0 spiro atoms. The van der Waals surface area contributed by atoms with Gasteiger partial charge in [-0.05, 0) is 44.6 Å². The quantitative estimate of drug-likeness (QED) is 0.919. The Kier molecular flexibility index (Phi) is 4.11. The molecule has 3 nitrogen and oxygen atoms in total. The van der Waals surface area contributed by atoms with Gasteiger partial charge in [0.15, 0.2) is 0 Å². The number of aromatic nitrogens is 2. The molecule has 0 bridgehead atoms. The van der Waals surface area contributed by atoms with E-state index in [-0.39, 0.29) is 6.04 Å². The predicted molar refractivity (Wildman–Crippen MR) is 78.3 cm³/mol. The number of rotatable bonds is 3. The highest BCUT2D eigenvalue weighted by Gasteiger charge is 2.36. The summed E-state index contributed by atoms with van der Waals surface area (Å²) in [5, 5.41) is 4.63. The fourth-order valence-corrected chi connectivity index (χ4v) is 3.86. The van der Waals surface area contributed by atoms with E-state index in [9.17, 15) is 4.39 Å². The highest BCUT2D eigenvalue weighted by atomic mass is 19.1. The lowest BCUT2D eigenvalue weighted by Gasteiger charge is -2.32. The minimum absolute atomic E-state index is 0.0224. The van der Waals surface area contributed by atoms with Crippen LogP contribution in [0.5, 0.6) is 0 Å². The number of hydrogen-bond donors (Lipinski definition) is 1. The lowest BCUT2D eigenvalue weighted by molar-refractivity contribution is 0.0950. The summed E-state index contributed by atoms with van der Waals surface area (Å²) in [5.74, 6) is 0. The molecule has 0 saturated heterocycles. The summed E-state index contributed by atoms with van der Waals surface area (Å²) >= 11 is 0. The molecular formula is C16H26FN3. The van der Waals surface area contributed by atoms with Gasteiger partial charge in [0.2, 0.25) is 0 Å². The SMILES string of the molecule is NC1CCCC(F)(Cc2ccn(C3CCCCC3)n2)C1. The maximum absolute atomic E-state index is 14.8. The third-order valence-electron chi connectivity index (χ3n) is 4.94. The second-order valence-corrected chi connectivity index (χ2v) is 6.76. The number of hydrogen-bond acceptors (Lipinski definition) is 2. The second-order valence-electron chi connectivity index (χ2n) is 6.76. The van der Waals surface area contributed by atoms with Crippen molar-refractivity contribution < 1.29 is 4.39 Å². The van der Waals surface area contributed by atoms with Crippen molar-refractivity contribution in [3.8, 4) is 0 Å². The molecule has 2 N–H and O–H groups in total. The Labute approximate surface area is 120 Å². The average Bonchev–Trinajstić information content (AvgIpc) is 2.87. The standard InChI is InChI=1S/C16H26FN3/c17-16(9-4-5-13(18)11-16)12-14-8-10-20(19-14)15-6-2-1-3-7-15/h8,10,13,15H,1-7,9,11-12,18H2.